The van der Waals surface area contributed by atoms with Crippen LogP contribution in [0.4, 0.5) is 0 Å². The van der Waals surface area contributed by atoms with E-state index in [0.29, 0.717) is 12.6 Å². The van der Waals surface area contributed by atoms with Crippen LogP contribution in [0.1, 0.15) is 52.0 Å². The van der Waals surface area contributed by atoms with E-state index in [-0.39, 0.29) is 12.4 Å². The molecule has 1 heterocycles. The molecule has 0 spiro atoms. The van der Waals surface area contributed by atoms with Crippen LogP contribution in [-0.2, 0) is 16.2 Å². The van der Waals surface area contributed by atoms with Crippen LogP contribution in [0.5, 0.6) is 0 Å². The average Bonchev–Trinajstić information content (AvgIpc) is 2.67. The number of rotatable bonds is 7. The van der Waals surface area contributed by atoms with Crippen molar-refractivity contribution in [3.05, 3.63) is 48.0 Å². The number of nitrogens with zero attached hydrogens (tertiary/aromatic N) is 2. The van der Waals surface area contributed by atoms with E-state index in [1.54, 1.807) is 4.74 Å². The number of carboxylic acids is 1. The van der Waals surface area contributed by atoms with Gasteiger partial charge in [-0.1, -0.05) is 67.0 Å². The van der Waals surface area contributed by atoms with Gasteiger partial charge >= 0.3 is 5.96 Å². The topological polar surface area (TPSA) is 129 Å². The van der Waals surface area contributed by atoms with Gasteiger partial charge in [0, 0.05) is 11.5 Å². The predicted molar refractivity (Wildman–Crippen MR) is 116 cm³/mol. The molecule has 0 bridgehead atoms. The number of hydroxylamine groups is 1. The van der Waals surface area contributed by atoms with E-state index in [1.807, 2.05) is 45.0 Å². The molecule has 0 radical (unpaired) electrons. The normalized spacial score (nSPS) is 15.0. The SMILES string of the molecule is CC1(C)N=C(N)NC(N)=[N+]1OCc1cccc2ccccc12.CCCCCC(=O)[O-]. The van der Waals surface area contributed by atoms with E-state index < -0.39 is 11.6 Å². The number of hydrogen-bond donors (Lipinski definition) is 3. The van der Waals surface area contributed by atoms with E-state index >= 15 is 0 Å². The standard InChI is InChI=1S/C16H19N5O.C6H12O2/c1-16(2)20-14(17)19-15(18)21(16)22-10-12-8-5-7-11-6-3-4-9-13(11)12;1-2-3-4-5-6(7)8/h3-9H,10H2,1-2H3,(H4,17,18,19,20);2-5H2,1H3,(H,7,8). The van der Waals surface area contributed by atoms with Gasteiger partial charge in [-0.05, 0) is 37.5 Å². The summed E-state index contributed by atoms with van der Waals surface area (Å²) in [5, 5.41) is 14.9. The van der Waals surface area contributed by atoms with Crippen molar-refractivity contribution >= 4 is 28.7 Å². The number of carbonyl (C=O) groups is 1. The number of aliphatic carboxylic acids is 1. The van der Waals surface area contributed by atoms with Crippen LogP contribution in [0, 0.1) is 0 Å². The maximum atomic E-state index is 9.76. The van der Waals surface area contributed by atoms with Crippen molar-refractivity contribution in [2.75, 3.05) is 0 Å². The Morgan fingerprint density at radius 3 is 2.53 bits per heavy atom. The zero-order valence-corrected chi connectivity index (χ0v) is 17.9. The first kappa shape index (κ1) is 23.0. The summed E-state index contributed by atoms with van der Waals surface area (Å²) in [6, 6.07) is 14.3. The summed E-state index contributed by atoms with van der Waals surface area (Å²) in [5.41, 5.74) is 12.1. The number of hydrogen-bond acceptors (Lipinski definition) is 7. The van der Waals surface area contributed by atoms with Gasteiger partial charge in [0.05, 0.1) is 0 Å². The van der Waals surface area contributed by atoms with Crippen molar-refractivity contribution in [3.8, 4) is 0 Å². The third-order valence-electron chi connectivity index (χ3n) is 4.58. The van der Waals surface area contributed by atoms with Crippen molar-refractivity contribution in [2.24, 2.45) is 16.5 Å². The number of unbranched alkanes of at least 4 members (excludes halogenated alkanes) is 2. The fraction of sp³-hybridized carbons (Fsp3) is 0.409. The molecule has 0 saturated carbocycles. The van der Waals surface area contributed by atoms with Gasteiger partial charge in [-0.15, -0.1) is 0 Å². The van der Waals surface area contributed by atoms with Gasteiger partial charge in [-0.3, -0.25) is 5.73 Å². The molecular weight excluding hydrogens is 382 g/mol. The lowest BCUT2D eigenvalue weighted by Crippen LogP contribution is -2.57. The molecule has 2 aromatic carbocycles. The minimum atomic E-state index is -0.932. The minimum absolute atomic E-state index is 0.216. The van der Waals surface area contributed by atoms with Crippen molar-refractivity contribution < 1.29 is 19.5 Å². The quantitative estimate of drug-likeness (QED) is 0.467. The summed E-state index contributed by atoms with van der Waals surface area (Å²) in [7, 11) is 0. The van der Waals surface area contributed by atoms with Gasteiger partial charge < -0.3 is 20.5 Å². The fourth-order valence-electron chi connectivity index (χ4n) is 3.14. The molecule has 2 aromatic rings. The Morgan fingerprint density at radius 1 is 1.17 bits per heavy atom. The first-order valence-corrected chi connectivity index (χ1v) is 10.1. The molecule has 0 aliphatic carbocycles. The second kappa shape index (κ2) is 10.5. The van der Waals surface area contributed by atoms with Crippen LogP contribution in [0.25, 0.3) is 10.8 Å². The molecule has 5 N–H and O–H groups in total. The van der Waals surface area contributed by atoms with Crippen molar-refractivity contribution in [1.82, 2.24) is 5.32 Å². The average molecular weight is 414 g/mol. The third kappa shape index (κ3) is 6.37. The number of aliphatic imine (C=N–C) groups is 1. The number of carboxylic acid groups (broad SMARTS) is 1. The van der Waals surface area contributed by atoms with Gasteiger partial charge in [0.2, 0.25) is 5.66 Å². The number of carbonyl (C=O) groups excluding carboxylic acids is 1. The molecule has 0 aromatic heterocycles. The zero-order valence-electron chi connectivity index (χ0n) is 17.9. The van der Waals surface area contributed by atoms with Crippen LogP contribution in [0.15, 0.2) is 47.5 Å². The highest BCUT2D eigenvalue weighted by Crippen LogP contribution is 2.21. The summed E-state index contributed by atoms with van der Waals surface area (Å²) in [6.45, 7) is 6.20. The molecule has 0 unspecified atom stereocenters. The Morgan fingerprint density at radius 2 is 1.87 bits per heavy atom. The molecule has 3 rings (SSSR count). The Hall–Kier alpha value is -3.29. The highest BCUT2D eigenvalue weighted by molar-refractivity contribution is 5.95. The predicted octanol–water partition coefficient (Wildman–Crippen LogP) is 1.57. The first-order valence-electron chi connectivity index (χ1n) is 10.1. The number of nitrogens with two attached hydrogens (primary N) is 2. The van der Waals surface area contributed by atoms with E-state index in [9.17, 15) is 9.90 Å². The van der Waals surface area contributed by atoms with Crippen molar-refractivity contribution in [1.29, 1.82) is 0 Å². The summed E-state index contributed by atoms with van der Waals surface area (Å²) in [5.74, 6) is -0.316. The Bertz CT molecular complexity index is 932. The largest absolute Gasteiger partial charge is 0.550 e. The van der Waals surface area contributed by atoms with E-state index in [4.69, 9.17) is 16.3 Å². The second-order valence-electron chi connectivity index (χ2n) is 7.54. The minimum Gasteiger partial charge on any atom is -0.550 e. The first-order chi connectivity index (χ1) is 14.2. The van der Waals surface area contributed by atoms with Gasteiger partial charge in [0.25, 0.3) is 5.96 Å². The summed E-state index contributed by atoms with van der Waals surface area (Å²) in [4.78, 5) is 20.0. The summed E-state index contributed by atoms with van der Waals surface area (Å²) >= 11 is 0. The molecule has 8 heteroatoms. The molecule has 0 saturated heterocycles. The summed E-state index contributed by atoms with van der Waals surface area (Å²) in [6.07, 6.45) is 3.04. The molecule has 162 valence electrons. The van der Waals surface area contributed by atoms with Crippen LogP contribution >= 0.6 is 0 Å². The Kier molecular flexibility index (Phi) is 8.03. The van der Waals surface area contributed by atoms with Crippen LogP contribution in [0.3, 0.4) is 0 Å². The monoisotopic (exact) mass is 413 g/mol. The Labute approximate surface area is 177 Å². The highest BCUT2D eigenvalue weighted by atomic mass is 16.7. The lowest BCUT2D eigenvalue weighted by Gasteiger charge is -2.26. The zero-order chi connectivity index (χ0) is 22.1. The van der Waals surface area contributed by atoms with E-state index in [2.05, 4.69) is 28.5 Å². The molecular formula is C22H31N5O3. The van der Waals surface area contributed by atoms with Crippen molar-refractivity contribution in [2.45, 2.75) is 58.7 Å². The highest BCUT2D eigenvalue weighted by Gasteiger charge is 2.35. The van der Waals surface area contributed by atoms with Crippen LogP contribution in [0.2, 0.25) is 0 Å². The molecule has 8 nitrogen and oxygen atoms in total. The Balaban J connectivity index is 0.000000343. The maximum Gasteiger partial charge on any atom is 0.390 e. The smallest absolute Gasteiger partial charge is 0.390 e. The number of benzene rings is 2. The summed E-state index contributed by atoms with van der Waals surface area (Å²) < 4.78 is 1.55. The lowest BCUT2D eigenvalue weighted by molar-refractivity contribution is -0.838. The van der Waals surface area contributed by atoms with Gasteiger partial charge in [-0.2, -0.15) is 4.99 Å². The van der Waals surface area contributed by atoms with Gasteiger partial charge in [0.1, 0.15) is 0 Å². The molecule has 0 fully saturated rings. The fourth-order valence-corrected chi connectivity index (χ4v) is 3.14. The molecule has 1 aliphatic rings. The maximum absolute atomic E-state index is 9.76. The van der Waals surface area contributed by atoms with Crippen LogP contribution in [-0.4, -0.2) is 28.3 Å². The number of guanidine groups is 2. The molecule has 0 atom stereocenters. The second-order valence-corrected chi connectivity index (χ2v) is 7.54. The molecule has 0 amide bonds. The molecule has 30 heavy (non-hydrogen) atoms. The van der Waals surface area contributed by atoms with Crippen molar-refractivity contribution in [3.63, 3.8) is 0 Å². The third-order valence-corrected chi connectivity index (χ3v) is 4.58. The van der Waals surface area contributed by atoms with Gasteiger partial charge in [0.15, 0.2) is 6.61 Å². The number of fused-ring (bicyclic) bond motifs is 1. The van der Waals surface area contributed by atoms with Crippen LogP contribution < -0.4 is 21.9 Å². The number of nitrogens with one attached hydrogen (secondary N) is 1. The molecule has 1 aliphatic heterocycles. The van der Waals surface area contributed by atoms with Gasteiger partial charge in [-0.25, -0.2) is 5.32 Å². The van der Waals surface area contributed by atoms with E-state index in [1.165, 1.54) is 5.39 Å². The van der Waals surface area contributed by atoms with E-state index in [0.717, 1.165) is 30.2 Å². The lowest BCUT2D eigenvalue weighted by atomic mass is 10.1.